The third-order valence-corrected chi connectivity index (χ3v) is 8.22. The highest BCUT2D eigenvalue weighted by Crippen LogP contribution is 2.14. The first kappa shape index (κ1) is 31.7. The Kier molecular flexibility index (Phi) is 14.3. The Balaban J connectivity index is 1.66. The fourth-order valence-corrected chi connectivity index (χ4v) is 5.20. The molecular weight excluding hydrogens is 480 g/mol. The summed E-state index contributed by atoms with van der Waals surface area (Å²) >= 11 is 0. The van der Waals surface area contributed by atoms with Crippen molar-refractivity contribution in [1.29, 1.82) is 10.8 Å². The number of hydrogen-bond acceptors (Lipinski definition) is 4. The molecule has 2 heterocycles. The topological polar surface area (TPSA) is 119 Å². The molecule has 0 atom stereocenters. The van der Waals surface area contributed by atoms with E-state index in [2.05, 4.69) is 38.3 Å². The molecule has 2 aliphatic heterocycles. The molecule has 2 aliphatic rings. The number of nitrogens with one attached hydrogen (secondary N) is 4. The number of nitrogens with zero attached hydrogens (tertiary/aromatic N) is 4. The maximum absolute atomic E-state index is 12.6. The Hall–Kier alpha value is -2.52. The molecule has 0 unspecified atom stereocenters. The maximum Gasteiger partial charge on any atom is 0.324 e. The molecule has 0 bridgehead atoms. The molecule has 10 nitrogen and oxygen atoms in total. The van der Waals surface area contributed by atoms with E-state index >= 15 is 0 Å². The molecule has 0 aliphatic carbocycles. The average molecular weight is 535 g/mol. The molecule has 0 saturated carbocycles. The smallest absolute Gasteiger partial charge is 0.324 e. The van der Waals surface area contributed by atoms with Crippen LogP contribution < -0.4 is 10.6 Å². The predicted octanol–water partition coefficient (Wildman–Crippen LogP) is 4.72. The molecular formula is C28H54N8O2. The zero-order valence-corrected chi connectivity index (χ0v) is 24.5. The quantitative estimate of drug-likeness (QED) is 0.227. The van der Waals surface area contributed by atoms with Gasteiger partial charge in [-0.05, 0) is 37.5 Å². The third kappa shape index (κ3) is 9.66. The molecule has 0 aromatic carbocycles. The lowest BCUT2D eigenvalue weighted by atomic mass is 10.0. The van der Waals surface area contributed by atoms with Gasteiger partial charge in [0, 0.05) is 52.4 Å². The van der Waals surface area contributed by atoms with Gasteiger partial charge in [-0.3, -0.25) is 20.6 Å². The van der Waals surface area contributed by atoms with Crippen LogP contribution in [0.15, 0.2) is 0 Å². The van der Waals surface area contributed by atoms with E-state index in [-0.39, 0.29) is 12.1 Å². The van der Waals surface area contributed by atoms with Crippen molar-refractivity contribution in [1.82, 2.24) is 30.2 Å². The highest BCUT2D eigenvalue weighted by molar-refractivity contribution is 5.95. The monoisotopic (exact) mass is 534 g/mol. The van der Waals surface area contributed by atoms with Gasteiger partial charge in [0.25, 0.3) is 0 Å². The molecule has 38 heavy (non-hydrogen) atoms. The lowest BCUT2D eigenvalue weighted by molar-refractivity contribution is 0.197. The van der Waals surface area contributed by atoms with Crippen LogP contribution in [0.1, 0.15) is 91.9 Å². The Morgan fingerprint density at radius 1 is 0.658 bits per heavy atom. The van der Waals surface area contributed by atoms with Gasteiger partial charge in [0.05, 0.1) is 0 Å². The summed E-state index contributed by atoms with van der Waals surface area (Å²) in [6, 6.07) is -0.289. The number of rotatable bonds is 15. The molecule has 0 radical (unpaired) electrons. The standard InChI is InChI=1S/C28H54N8O2/c1-5-23(6-2)21-31-27(37)35-19-13-17-33(25(35)29)15-11-9-10-12-16-34-18-14-20-36(26(34)30)28(38)32-22-24(7-3)8-4/h23-24,29-30H,5-22H2,1-4H3,(H,31,37)(H,32,38). The number of carbonyl (C=O) groups is 2. The summed E-state index contributed by atoms with van der Waals surface area (Å²) in [4.78, 5) is 32.5. The van der Waals surface area contributed by atoms with Gasteiger partial charge in [0.15, 0.2) is 0 Å². The largest absolute Gasteiger partial charge is 0.343 e. The van der Waals surface area contributed by atoms with Gasteiger partial charge in [-0.15, -0.1) is 0 Å². The van der Waals surface area contributed by atoms with Crippen LogP contribution in [-0.2, 0) is 0 Å². The van der Waals surface area contributed by atoms with Crippen LogP contribution in [0.5, 0.6) is 0 Å². The summed E-state index contributed by atoms with van der Waals surface area (Å²) in [6.07, 6.45) is 10.0. The summed E-state index contributed by atoms with van der Waals surface area (Å²) in [5, 5.41) is 23.1. The van der Waals surface area contributed by atoms with Crippen LogP contribution in [0.25, 0.3) is 0 Å². The molecule has 2 rings (SSSR count). The molecule has 4 N–H and O–H groups in total. The van der Waals surface area contributed by atoms with Crippen LogP contribution in [-0.4, -0.2) is 95.9 Å². The van der Waals surface area contributed by atoms with Gasteiger partial charge in [-0.25, -0.2) is 9.59 Å². The second kappa shape index (κ2) is 17.1. The van der Waals surface area contributed by atoms with Gasteiger partial charge in [-0.1, -0.05) is 66.2 Å². The van der Waals surface area contributed by atoms with E-state index in [1.165, 1.54) is 0 Å². The highest BCUT2D eigenvalue weighted by Gasteiger charge is 2.28. The van der Waals surface area contributed by atoms with Crippen LogP contribution >= 0.6 is 0 Å². The van der Waals surface area contributed by atoms with Crippen LogP contribution in [0, 0.1) is 22.7 Å². The van der Waals surface area contributed by atoms with E-state index in [0.29, 0.717) is 49.9 Å². The number of amides is 4. The molecule has 218 valence electrons. The molecule has 2 fully saturated rings. The van der Waals surface area contributed by atoms with Crippen LogP contribution in [0.2, 0.25) is 0 Å². The second-order valence-electron chi connectivity index (χ2n) is 10.8. The fourth-order valence-electron chi connectivity index (χ4n) is 5.20. The molecule has 0 spiro atoms. The minimum atomic E-state index is -0.145. The minimum absolute atomic E-state index is 0.145. The van der Waals surface area contributed by atoms with E-state index in [0.717, 1.165) is 90.4 Å². The summed E-state index contributed by atoms with van der Waals surface area (Å²) < 4.78 is 0. The summed E-state index contributed by atoms with van der Waals surface area (Å²) in [7, 11) is 0. The molecule has 0 aromatic heterocycles. The first-order valence-corrected chi connectivity index (χ1v) is 15.1. The zero-order chi connectivity index (χ0) is 27.9. The second-order valence-corrected chi connectivity index (χ2v) is 10.8. The van der Waals surface area contributed by atoms with Gasteiger partial charge >= 0.3 is 12.1 Å². The van der Waals surface area contributed by atoms with E-state index in [1.54, 1.807) is 9.80 Å². The van der Waals surface area contributed by atoms with Gasteiger partial charge in [0.1, 0.15) is 0 Å². The summed E-state index contributed by atoms with van der Waals surface area (Å²) in [6.45, 7) is 14.4. The van der Waals surface area contributed by atoms with Crippen LogP contribution in [0.4, 0.5) is 9.59 Å². The molecule has 2 saturated heterocycles. The van der Waals surface area contributed by atoms with E-state index < -0.39 is 0 Å². The van der Waals surface area contributed by atoms with E-state index in [4.69, 9.17) is 10.8 Å². The number of unbranched alkanes of at least 4 members (excludes halogenated alkanes) is 3. The van der Waals surface area contributed by atoms with Crippen molar-refractivity contribution < 1.29 is 9.59 Å². The summed E-state index contributed by atoms with van der Waals surface area (Å²) in [5.41, 5.74) is 0. The maximum atomic E-state index is 12.6. The third-order valence-electron chi connectivity index (χ3n) is 8.22. The van der Waals surface area contributed by atoms with Crippen molar-refractivity contribution in [2.24, 2.45) is 11.8 Å². The first-order valence-electron chi connectivity index (χ1n) is 15.1. The Morgan fingerprint density at radius 2 is 1.03 bits per heavy atom. The fraction of sp³-hybridized carbons (Fsp3) is 0.857. The number of carbonyl (C=O) groups excluding carboxylic acids is 2. The van der Waals surface area contributed by atoms with Crippen molar-refractivity contribution in [2.45, 2.75) is 91.9 Å². The zero-order valence-electron chi connectivity index (χ0n) is 24.5. The van der Waals surface area contributed by atoms with Crippen molar-refractivity contribution in [3.05, 3.63) is 0 Å². The SMILES string of the molecule is CCC(CC)CNC(=O)N1CCCN(CCCCCCN2CCCN(C(=O)NCC(CC)CC)C2=N)C1=N. The first-order chi connectivity index (χ1) is 18.4. The lowest BCUT2D eigenvalue weighted by Gasteiger charge is -2.37. The van der Waals surface area contributed by atoms with Gasteiger partial charge < -0.3 is 20.4 Å². The lowest BCUT2D eigenvalue weighted by Crippen LogP contribution is -2.55. The highest BCUT2D eigenvalue weighted by atomic mass is 16.2. The Labute approximate surface area is 230 Å². The average Bonchev–Trinajstić information content (AvgIpc) is 2.93. The van der Waals surface area contributed by atoms with Crippen LogP contribution in [0.3, 0.4) is 0 Å². The Morgan fingerprint density at radius 3 is 1.37 bits per heavy atom. The number of urea groups is 2. The van der Waals surface area contributed by atoms with Crippen molar-refractivity contribution >= 4 is 24.0 Å². The molecule has 10 heteroatoms. The number of hydrogen-bond donors (Lipinski definition) is 4. The van der Waals surface area contributed by atoms with E-state index in [9.17, 15) is 9.59 Å². The predicted molar refractivity (Wildman–Crippen MR) is 155 cm³/mol. The Bertz CT molecular complexity index is 691. The van der Waals surface area contributed by atoms with Crippen molar-refractivity contribution in [3.63, 3.8) is 0 Å². The number of guanidine groups is 2. The van der Waals surface area contributed by atoms with Gasteiger partial charge in [0.2, 0.25) is 11.9 Å². The van der Waals surface area contributed by atoms with Gasteiger partial charge in [-0.2, -0.15) is 0 Å². The minimum Gasteiger partial charge on any atom is -0.343 e. The van der Waals surface area contributed by atoms with E-state index in [1.807, 2.05) is 9.80 Å². The molecule has 0 aromatic rings. The summed E-state index contributed by atoms with van der Waals surface area (Å²) in [5.74, 6) is 1.62. The van der Waals surface area contributed by atoms with Crippen molar-refractivity contribution in [2.75, 3.05) is 52.4 Å². The van der Waals surface area contributed by atoms with Crippen molar-refractivity contribution in [3.8, 4) is 0 Å². The molecule has 4 amide bonds. The normalized spacial score (nSPS) is 16.6.